The van der Waals surface area contributed by atoms with E-state index in [9.17, 15) is 0 Å². The first-order chi connectivity index (χ1) is 6.86. The second-order valence-corrected chi connectivity index (χ2v) is 5.60. The number of halogens is 3. The Hall–Kier alpha value is 0.750. The fraction of sp³-hybridized carbons (Fsp3) is 0.0769. The van der Waals surface area contributed by atoms with Crippen molar-refractivity contribution >= 4 is 3.32 Å². The van der Waals surface area contributed by atoms with E-state index in [-0.39, 0.29) is 50.9 Å². The van der Waals surface area contributed by atoms with Crippen molar-refractivity contribution < 1.29 is 75.3 Å². The van der Waals surface area contributed by atoms with Crippen molar-refractivity contribution in [3.8, 4) is 11.1 Å². The molecule has 0 atom stereocenters. The first kappa shape index (κ1) is 17.8. The normalized spacial score (nSPS) is 10.2. The molecule has 0 heterocycles. The van der Waals surface area contributed by atoms with Crippen LogP contribution in [0.1, 0.15) is 11.1 Å². The van der Waals surface area contributed by atoms with Gasteiger partial charge in [-0.1, -0.05) is 0 Å². The number of fused-ring (bicyclic) bond motifs is 3. The van der Waals surface area contributed by atoms with E-state index in [1.54, 1.807) is 8.88 Å². The molecule has 0 saturated carbocycles. The Labute approximate surface area is 148 Å². The Morgan fingerprint density at radius 3 is 2.18 bits per heavy atom. The summed E-state index contributed by atoms with van der Waals surface area (Å²) in [6, 6.07) is 15.5. The van der Waals surface area contributed by atoms with E-state index in [2.05, 4.69) is 42.5 Å². The van der Waals surface area contributed by atoms with E-state index >= 15 is 0 Å². The summed E-state index contributed by atoms with van der Waals surface area (Å²) < 4.78 is 1.55. The molecule has 17 heavy (non-hydrogen) atoms. The topological polar surface area (TPSA) is 0 Å². The summed E-state index contributed by atoms with van der Waals surface area (Å²) in [5.74, 6) is 0. The van der Waals surface area contributed by atoms with Crippen molar-refractivity contribution in [1.82, 2.24) is 0 Å². The summed E-state index contributed by atoms with van der Waals surface area (Å²) in [7, 11) is 0. The van der Waals surface area contributed by atoms with Crippen molar-refractivity contribution in [1.29, 1.82) is 0 Å². The molecule has 2 aromatic rings. The van der Waals surface area contributed by atoms with E-state index in [0.29, 0.717) is 0 Å². The number of hydrogen-bond acceptors (Lipinski definition) is 0. The number of benzene rings is 2. The van der Waals surface area contributed by atoms with Gasteiger partial charge in [-0.3, -0.25) is 0 Å². The number of hydrogen-bond donors (Lipinski definition) is 0. The molecule has 0 radical (unpaired) electrons. The monoisotopic (exact) mass is 582 g/mol. The van der Waals surface area contributed by atoms with Crippen LogP contribution in [0.25, 0.3) is 11.1 Å². The second kappa shape index (κ2) is 7.37. The first-order valence-electron chi connectivity index (χ1n) is 4.78. The molecular weight excluding hydrogens is 574 g/mol. The van der Waals surface area contributed by atoms with E-state index in [1.807, 2.05) is 0 Å². The van der Waals surface area contributed by atoms with Crippen LogP contribution in [0.5, 0.6) is 0 Å². The van der Waals surface area contributed by atoms with Gasteiger partial charge in [0.15, 0.2) is 0 Å². The van der Waals surface area contributed by atoms with Gasteiger partial charge < -0.3 is 50.9 Å². The van der Waals surface area contributed by atoms with Crippen molar-refractivity contribution in [3.63, 3.8) is 0 Å². The van der Waals surface area contributed by atoms with Gasteiger partial charge >= 0.3 is 98.8 Å². The Morgan fingerprint density at radius 1 is 0.765 bits per heavy atom. The SMILES string of the molecule is [Br-].[Br-].[Br-].[Hf+3][c]1cccc2c1Cc1ccccc1-2. The van der Waals surface area contributed by atoms with Crippen LogP contribution in [0.2, 0.25) is 0 Å². The zero-order chi connectivity index (χ0) is 9.54. The quantitative estimate of drug-likeness (QED) is 0.231. The Bertz CT molecular complexity index is 512. The maximum atomic E-state index is 2.26. The molecule has 0 fully saturated rings. The van der Waals surface area contributed by atoms with Crippen LogP contribution in [0.15, 0.2) is 42.5 Å². The molecule has 0 spiro atoms. The third-order valence-electron chi connectivity index (χ3n) is 2.85. The van der Waals surface area contributed by atoms with Crippen LogP contribution < -0.4 is 54.3 Å². The second-order valence-electron chi connectivity index (χ2n) is 3.67. The maximum absolute atomic E-state index is 2.26. The Kier molecular flexibility index (Phi) is 7.69. The average Bonchev–Trinajstić information content (AvgIpc) is 2.59. The van der Waals surface area contributed by atoms with E-state index in [1.165, 1.54) is 16.7 Å². The third kappa shape index (κ3) is 3.20. The molecule has 1 aliphatic rings. The molecule has 0 bridgehead atoms. The molecule has 0 saturated heterocycles. The van der Waals surface area contributed by atoms with Gasteiger partial charge in [0, 0.05) is 0 Å². The van der Waals surface area contributed by atoms with Crippen molar-refractivity contribution in [2.75, 3.05) is 0 Å². The van der Waals surface area contributed by atoms with E-state index in [4.69, 9.17) is 0 Å². The van der Waals surface area contributed by atoms with Crippen LogP contribution in [0.3, 0.4) is 0 Å². The van der Waals surface area contributed by atoms with Crippen LogP contribution in [0, 0.1) is 0 Å². The molecule has 0 aromatic heterocycles. The molecule has 0 amide bonds. The molecule has 0 aliphatic heterocycles. The first-order valence-corrected chi connectivity index (χ1v) is 6.57. The van der Waals surface area contributed by atoms with Crippen molar-refractivity contribution in [2.24, 2.45) is 0 Å². The van der Waals surface area contributed by atoms with Crippen LogP contribution >= 0.6 is 0 Å². The zero-order valence-corrected chi connectivity index (χ0v) is 17.2. The van der Waals surface area contributed by atoms with Gasteiger partial charge in [0.2, 0.25) is 0 Å². The zero-order valence-electron chi connectivity index (χ0n) is 8.88. The van der Waals surface area contributed by atoms with Gasteiger partial charge in [-0.15, -0.1) is 0 Å². The number of rotatable bonds is 0. The minimum absolute atomic E-state index is 0. The van der Waals surface area contributed by atoms with Crippen molar-refractivity contribution in [2.45, 2.75) is 6.42 Å². The summed E-state index contributed by atoms with van der Waals surface area (Å²) in [5.41, 5.74) is 5.97. The molecule has 4 heteroatoms. The third-order valence-corrected chi connectivity index (χ3v) is 4.53. The Morgan fingerprint density at radius 2 is 1.41 bits per heavy atom. The molecule has 1 aliphatic carbocycles. The molecule has 3 rings (SSSR count). The van der Waals surface area contributed by atoms with Crippen LogP contribution in [-0.2, 0) is 30.8 Å². The predicted molar refractivity (Wildman–Crippen MR) is 54.3 cm³/mol. The summed E-state index contributed by atoms with van der Waals surface area (Å²) in [6.07, 6.45) is 1.14. The molecule has 0 unspecified atom stereocenters. The summed E-state index contributed by atoms with van der Waals surface area (Å²) >= 11 is 1.16. The predicted octanol–water partition coefficient (Wildman–Crippen LogP) is -6.56. The van der Waals surface area contributed by atoms with Gasteiger partial charge in [0.05, 0.1) is 0 Å². The molecule has 2 aromatic carbocycles. The van der Waals surface area contributed by atoms with Gasteiger partial charge in [0.1, 0.15) is 0 Å². The van der Waals surface area contributed by atoms with Gasteiger partial charge in [-0.2, -0.15) is 0 Å². The fourth-order valence-electron chi connectivity index (χ4n) is 2.16. The van der Waals surface area contributed by atoms with Crippen molar-refractivity contribution in [3.05, 3.63) is 53.6 Å². The van der Waals surface area contributed by atoms with Crippen LogP contribution in [-0.4, -0.2) is 0 Å². The van der Waals surface area contributed by atoms with Gasteiger partial charge in [0.25, 0.3) is 0 Å². The van der Waals surface area contributed by atoms with E-state index < -0.39 is 0 Å². The standard InChI is InChI=1S/C13H9.3BrH.Hf/c1-3-7-12-10(5-1)9-11-6-2-4-8-13(11)12;;;;/h1-5,7-8H,9H2;3*1H;/q;;;;+3/p-3. The van der Waals surface area contributed by atoms with E-state index in [0.717, 1.165) is 30.8 Å². The van der Waals surface area contributed by atoms with Crippen LogP contribution in [0.4, 0.5) is 0 Å². The summed E-state index contributed by atoms with van der Waals surface area (Å²) in [4.78, 5) is 0. The Balaban J connectivity index is 0.000000853. The average molecular weight is 583 g/mol. The molecule has 86 valence electrons. The van der Waals surface area contributed by atoms with Gasteiger partial charge in [-0.25, -0.2) is 0 Å². The van der Waals surface area contributed by atoms with Gasteiger partial charge in [-0.05, 0) is 0 Å². The molecule has 0 nitrogen and oxygen atoms in total. The summed E-state index contributed by atoms with van der Waals surface area (Å²) in [6.45, 7) is 0. The fourth-order valence-corrected chi connectivity index (χ4v) is 3.30. The summed E-state index contributed by atoms with van der Waals surface area (Å²) in [5, 5.41) is 0. The molecule has 0 N–H and O–H groups in total. The molecular formula is C13H9Br3Hf. The minimum atomic E-state index is 0.